The van der Waals surface area contributed by atoms with E-state index in [0.29, 0.717) is 10.9 Å². The molecule has 0 saturated carbocycles. The SMILES string of the molecule is CCn1nc(C)cc1C(N)Cc1cccc(F)c1Br. The van der Waals surface area contributed by atoms with Gasteiger partial charge in [0, 0.05) is 6.54 Å². The Labute approximate surface area is 120 Å². The predicted molar refractivity (Wildman–Crippen MR) is 77.4 cm³/mol. The van der Waals surface area contributed by atoms with Crippen LogP contribution in [0.25, 0.3) is 0 Å². The van der Waals surface area contributed by atoms with Crippen molar-refractivity contribution in [1.29, 1.82) is 0 Å². The lowest BCUT2D eigenvalue weighted by Crippen LogP contribution is -2.18. The van der Waals surface area contributed by atoms with E-state index in [0.717, 1.165) is 23.5 Å². The van der Waals surface area contributed by atoms with Gasteiger partial charge in [0.05, 0.1) is 21.9 Å². The highest BCUT2D eigenvalue weighted by atomic mass is 79.9. The lowest BCUT2D eigenvalue weighted by molar-refractivity contribution is 0.563. The van der Waals surface area contributed by atoms with Gasteiger partial charge >= 0.3 is 0 Å². The molecule has 0 saturated heterocycles. The number of rotatable bonds is 4. The normalized spacial score (nSPS) is 12.7. The quantitative estimate of drug-likeness (QED) is 0.936. The van der Waals surface area contributed by atoms with E-state index in [4.69, 9.17) is 5.73 Å². The molecule has 0 aliphatic heterocycles. The van der Waals surface area contributed by atoms with Crippen molar-refractivity contribution in [2.24, 2.45) is 5.73 Å². The smallest absolute Gasteiger partial charge is 0.137 e. The third-order valence-electron chi connectivity index (χ3n) is 3.08. The van der Waals surface area contributed by atoms with Crippen LogP contribution in [-0.4, -0.2) is 9.78 Å². The number of aromatic nitrogens is 2. The molecule has 1 aromatic carbocycles. The zero-order valence-electron chi connectivity index (χ0n) is 11.0. The predicted octanol–water partition coefficient (Wildman–Crippen LogP) is 3.36. The highest BCUT2D eigenvalue weighted by Crippen LogP contribution is 2.25. The number of nitrogens with two attached hydrogens (primary N) is 1. The summed E-state index contributed by atoms with van der Waals surface area (Å²) in [5.74, 6) is -0.259. The van der Waals surface area contributed by atoms with E-state index in [1.807, 2.05) is 30.7 Å². The van der Waals surface area contributed by atoms with Gasteiger partial charge < -0.3 is 5.73 Å². The Morgan fingerprint density at radius 3 is 2.89 bits per heavy atom. The topological polar surface area (TPSA) is 43.8 Å². The van der Waals surface area contributed by atoms with Crippen molar-refractivity contribution in [3.8, 4) is 0 Å². The van der Waals surface area contributed by atoms with Gasteiger partial charge in [-0.25, -0.2) is 4.39 Å². The third kappa shape index (κ3) is 3.04. The zero-order valence-corrected chi connectivity index (χ0v) is 12.6. The molecule has 0 bridgehead atoms. The van der Waals surface area contributed by atoms with Crippen LogP contribution in [0.5, 0.6) is 0 Å². The number of benzene rings is 1. The van der Waals surface area contributed by atoms with Crippen LogP contribution in [0.15, 0.2) is 28.7 Å². The lowest BCUT2D eigenvalue weighted by atomic mass is 10.0. The van der Waals surface area contributed by atoms with Crippen molar-refractivity contribution in [2.75, 3.05) is 0 Å². The summed E-state index contributed by atoms with van der Waals surface area (Å²) < 4.78 is 15.9. The summed E-state index contributed by atoms with van der Waals surface area (Å²) in [6.07, 6.45) is 0.573. The molecular formula is C14H17BrFN3. The van der Waals surface area contributed by atoms with E-state index < -0.39 is 0 Å². The molecule has 0 amide bonds. The van der Waals surface area contributed by atoms with E-state index in [1.54, 1.807) is 6.07 Å². The fourth-order valence-corrected chi connectivity index (χ4v) is 2.59. The summed E-state index contributed by atoms with van der Waals surface area (Å²) in [5.41, 5.74) is 9.03. The first kappa shape index (κ1) is 14.2. The van der Waals surface area contributed by atoms with E-state index in [-0.39, 0.29) is 11.9 Å². The molecule has 1 unspecified atom stereocenters. The molecule has 0 aliphatic rings. The van der Waals surface area contributed by atoms with E-state index in [9.17, 15) is 4.39 Å². The van der Waals surface area contributed by atoms with Gasteiger partial charge in [0.25, 0.3) is 0 Å². The minimum absolute atomic E-state index is 0.195. The number of aryl methyl sites for hydroxylation is 2. The van der Waals surface area contributed by atoms with E-state index in [1.165, 1.54) is 6.07 Å². The van der Waals surface area contributed by atoms with Crippen molar-refractivity contribution in [3.05, 3.63) is 51.5 Å². The maximum absolute atomic E-state index is 13.5. The maximum atomic E-state index is 13.5. The van der Waals surface area contributed by atoms with E-state index >= 15 is 0 Å². The minimum Gasteiger partial charge on any atom is -0.322 e. The summed E-state index contributed by atoms with van der Waals surface area (Å²) in [5, 5.41) is 4.38. The van der Waals surface area contributed by atoms with Crippen LogP contribution in [-0.2, 0) is 13.0 Å². The number of halogens is 2. The van der Waals surface area contributed by atoms with Crippen LogP contribution >= 0.6 is 15.9 Å². The summed E-state index contributed by atoms with van der Waals surface area (Å²) in [4.78, 5) is 0. The maximum Gasteiger partial charge on any atom is 0.137 e. The van der Waals surface area contributed by atoms with Crippen molar-refractivity contribution >= 4 is 15.9 Å². The molecular weight excluding hydrogens is 309 g/mol. The molecule has 0 spiro atoms. The Morgan fingerprint density at radius 1 is 1.47 bits per heavy atom. The molecule has 0 aliphatic carbocycles. The van der Waals surface area contributed by atoms with Gasteiger partial charge in [-0.1, -0.05) is 12.1 Å². The van der Waals surface area contributed by atoms with Crippen molar-refractivity contribution in [3.63, 3.8) is 0 Å². The number of nitrogens with zero attached hydrogens (tertiary/aromatic N) is 2. The lowest BCUT2D eigenvalue weighted by Gasteiger charge is -2.14. The Balaban J connectivity index is 2.25. The molecule has 5 heteroatoms. The first-order valence-corrected chi connectivity index (χ1v) is 7.05. The van der Waals surface area contributed by atoms with Gasteiger partial charge in [-0.2, -0.15) is 5.10 Å². The second-order valence-corrected chi connectivity index (χ2v) is 5.34. The Hall–Kier alpha value is -1.20. The standard InChI is InChI=1S/C14H17BrFN3/c1-3-19-13(7-9(2)18-19)12(17)8-10-5-4-6-11(16)14(10)15/h4-7,12H,3,8,17H2,1-2H3. The molecule has 0 fully saturated rings. The van der Waals surface area contributed by atoms with Gasteiger partial charge in [0.15, 0.2) is 0 Å². The van der Waals surface area contributed by atoms with Crippen molar-refractivity contribution in [2.45, 2.75) is 32.9 Å². The summed E-state index contributed by atoms with van der Waals surface area (Å²) in [6.45, 7) is 4.75. The first-order chi connectivity index (χ1) is 9.02. The van der Waals surface area contributed by atoms with Crippen LogP contribution in [0.3, 0.4) is 0 Å². The molecule has 3 nitrogen and oxygen atoms in total. The van der Waals surface area contributed by atoms with Crippen molar-refractivity contribution in [1.82, 2.24) is 9.78 Å². The Morgan fingerprint density at radius 2 is 2.21 bits per heavy atom. The van der Waals surface area contributed by atoms with Crippen LogP contribution in [0.2, 0.25) is 0 Å². The molecule has 2 rings (SSSR count). The van der Waals surface area contributed by atoms with Gasteiger partial charge in [-0.3, -0.25) is 4.68 Å². The molecule has 1 heterocycles. The average Bonchev–Trinajstić information content (AvgIpc) is 2.76. The van der Waals surface area contributed by atoms with Gasteiger partial charge in [0.1, 0.15) is 5.82 Å². The molecule has 1 aromatic heterocycles. The minimum atomic E-state index is -0.259. The van der Waals surface area contributed by atoms with Gasteiger partial charge in [-0.15, -0.1) is 0 Å². The second kappa shape index (κ2) is 5.84. The second-order valence-electron chi connectivity index (χ2n) is 4.55. The highest BCUT2D eigenvalue weighted by Gasteiger charge is 2.15. The number of hydrogen-bond donors (Lipinski definition) is 1. The Bertz CT molecular complexity index is 580. The van der Waals surface area contributed by atoms with Crippen LogP contribution < -0.4 is 5.73 Å². The summed E-state index contributed by atoms with van der Waals surface area (Å²) >= 11 is 3.27. The fourth-order valence-electron chi connectivity index (χ4n) is 2.16. The highest BCUT2D eigenvalue weighted by molar-refractivity contribution is 9.10. The van der Waals surface area contributed by atoms with Crippen LogP contribution in [0.1, 0.15) is 29.9 Å². The molecule has 1 atom stereocenters. The van der Waals surface area contributed by atoms with Gasteiger partial charge in [0.2, 0.25) is 0 Å². The molecule has 19 heavy (non-hydrogen) atoms. The molecule has 2 N–H and O–H groups in total. The van der Waals surface area contributed by atoms with Crippen LogP contribution in [0.4, 0.5) is 4.39 Å². The zero-order chi connectivity index (χ0) is 14.0. The fraction of sp³-hybridized carbons (Fsp3) is 0.357. The molecule has 102 valence electrons. The van der Waals surface area contributed by atoms with Gasteiger partial charge in [-0.05, 0) is 53.9 Å². The third-order valence-corrected chi connectivity index (χ3v) is 3.97. The summed E-state index contributed by atoms with van der Waals surface area (Å²) in [6, 6.07) is 6.80. The average molecular weight is 326 g/mol. The monoisotopic (exact) mass is 325 g/mol. The first-order valence-electron chi connectivity index (χ1n) is 6.25. The number of hydrogen-bond acceptors (Lipinski definition) is 2. The van der Waals surface area contributed by atoms with Crippen molar-refractivity contribution < 1.29 is 4.39 Å². The Kier molecular flexibility index (Phi) is 4.37. The summed E-state index contributed by atoms with van der Waals surface area (Å²) in [7, 11) is 0. The van der Waals surface area contributed by atoms with Crippen LogP contribution in [0, 0.1) is 12.7 Å². The largest absolute Gasteiger partial charge is 0.322 e. The molecule has 0 radical (unpaired) electrons. The van der Waals surface area contributed by atoms with E-state index in [2.05, 4.69) is 21.0 Å². The molecule has 2 aromatic rings.